The second-order valence-electron chi connectivity index (χ2n) is 4.40. The second kappa shape index (κ2) is 6.62. The normalized spacial score (nSPS) is 9.14. The van der Waals surface area contributed by atoms with E-state index < -0.39 is 0 Å². The zero-order valence-corrected chi connectivity index (χ0v) is 12.2. The van der Waals surface area contributed by atoms with Gasteiger partial charge in [-0.1, -0.05) is 54.2 Å². The monoisotopic (exact) mass is 284 g/mol. The van der Waals surface area contributed by atoms with Gasteiger partial charge in [0.15, 0.2) is 0 Å². The summed E-state index contributed by atoms with van der Waals surface area (Å²) in [5, 5.41) is 2.03. The van der Waals surface area contributed by atoms with Crippen molar-refractivity contribution in [2.24, 2.45) is 0 Å². The fourth-order valence-corrected chi connectivity index (χ4v) is 2.51. The van der Waals surface area contributed by atoms with Crippen molar-refractivity contribution in [3.8, 4) is 23.7 Å². The van der Waals surface area contributed by atoms with Gasteiger partial charge in [0.1, 0.15) is 0 Å². The Morgan fingerprint density at radius 3 is 1.76 bits per heavy atom. The van der Waals surface area contributed by atoms with Crippen LogP contribution in [0.1, 0.15) is 21.6 Å². The average Bonchev–Trinajstić information content (AvgIpc) is 3.00. The minimum absolute atomic E-state index is 0.993. The Labute approximate surface area is 129 Å². The molecule has 3 rings (SSSR count). The van der Waals surface area contributed by atoms with Gasteiger partial charge >= 0.3 is 0 Å². The van der Waals surface area contributed by atoms with Crippen molar-refractivity contribution in [2.75, 3.05) is 0 Å². The van der Waals surface area contributed by atoms with Gasteiger partial charge in [-0.25, -0.2) is 0 Å². The van der Waals surface area contributed by atoms with Gasteiger partial charge in [-0.2, -0.15) is 0 Å². The molecular weight excluding hydrogens is 272 g/mol. The van der Waals surface area contributed by atoms with Crippen LogP contribution < -0.4 is 0 Å². The Morgan fingerprint density at radius 1 is 0.571 bits per heavy atom. The SMILES string of the molecule is C(#Cc1ccsc1C#Cc1ccccc1)c1ccccc1. The predicted octanol–water partition coefficient (Wildman–Crippen LogP) is 4.55. The summed E-state index contributed by atoms with van der Waals surface area (Å²) in [6.07, 6.45) is 0. The molecule has 0 bridgehead atoms. The summed E-state index contributed by atoms with van der Waals surface area (Å²) < 4.78 is 0. The van der Waals surface area contributed by atoms with E-state index in [4.69, 9.17) is 0 Å². The number of rotatable bonds is 0. The Bertz CT molecular complexity index is 763. The van der Waals surface area contributed by atoms with Gasteiger partial charge in [0.2, 0.25) is 0 Å². The lowest BCUT2D eigenvalue weighted by Crippen LogP contribution is -1.77. The Morgan fingerprint density at radius 2 is 1.14 bits per heavy atom. The third kappa shape index (κ3) is 3.63. The smallest absolute Gasteiger partial charge is 0.0928 e. The van der Waals surface area contributed by atoms with Gasteiger partial charge in [0.05, 0.1) is 10.4 Å². The number of benzene rings is 2. The van der Waals surface area contributed by atoms with Gasteiger partial charge in [-0.3, -0.25) is 0 Å². The van der Waals surface area contributed by atoms with Crippen LogP contribution >= 0.6 is 11.3 Å². The maximum absolute atomic E-state index is 3.21. The minimum Gasteiger partial charge on any atom is -0.134 e. The number of hydrogen-bond donors (Lipinski definition) is 0. The number of thiophene rings is 1. The highest BCUT2D eigenvalue weighted by molar-refractivity contribution is 7.10. The molecule has 0 saturated heterocycles. The molecule has 0 aliphatic heterocycles. The first-order chi connectivity index (χ1) is 10.4. The molecule has 1 heterocycles. The molecule has 0 aliphatic rings. The van der Waals surface area contributed by atoms with Gasteiger partial charge in [0.25, 0.3) is 0 Å². The highest BCUT2D eigenvalue weighted by atomic mass is 32.1. The van der Waals surface area contributed by atoms with E-state index in [1.807, 2.05) is 72.1 Å². The van der Waals surface area contributed by atoms with E-state index in [0.29, 0.717) is 0 Å². The van der Waals surface area contributed by atoms with Crippen molar-refractivity contribution >= 4 is 11.3 Å². The van der Waals surface area contributed by atoms with E-state index in [-0.39, 0.29) is 0 Å². The van der Waals surface area contributed by atoms with Crippen LogP contribution in [0.15, 0.2) is 72.1 Å². The van der Waals surface area contributed by atoms with E-state index in [1.54, 1.807) is 11.3 Å². The van der Waals surface area contributed by atoms with Crippen LogP contribution in [-0.2, 0) is 0 Å². The fourth-order valence-electron chi connectivity index (χ4n) is 1.82. The molecular formula is C20H12S. The van der Waals surface area contributed by atoms with Crippen molar-refractivity contribution in [3.63, 3.8) is 0 Å². The van der Waals surface area contributed by atoms with Crippen molar-refractivity contribution in [2.45, 2.75) is 0 Å². The summed E-state index contributed by atoms with van der Waals surface area (Å²) in [5.74, 6) is 12.8. The molecule has 3 aromatic rings. The molecule has 21 heavy (non-hydrogen) atoms. The van der Waals surface area contributed by atoms with Gasteiger partial charge in [-0.15, -0.1) is 11.3 Å². The second-order valence-corrected chi connectivity index (χ2v) is 5.31. The molecule has 2 aromatic carbocycles. The fraction of sp³-hybridized carbons (Fsp3) is 0. The molecule has 0 atom stereocenters. The molecule has 1 heteroatoms. The lowest BCUT2D eigenvalue weighted by molar-refractivity contribution is 1.64. The molecule has 98 valence electrons. The third-order valence-electron chi connectivity index (χ3n) is 2.87. The Kier molecular flexibility index (Phi) is 4.18. The first kappa shape index (κ1) is 13.3. The zero-order chi connectivity index (χ0) is 14.3. The molecule has 0 unspecified atom stereocenters. The highest BCUT2D eigenvalue weighted by Crippen LogP contribution is 2.14. The van der Waals surface area contributed by atoms with Crippen LogP contribution in [0.4, 0.5) is 0 Å². The summed E-state index contributed by atoms with van der Waals surface area (Å²) in [5.41, 5.74) is 3.03. The lowest BCUT2D eigenvalue weighted by Gasteiger charge is -1.89. The predicted molar refractivity (Wildman–Crippen MR) is 89.2 cm³/mol. The van der Waals surface area contributed by atoms with Crippen LogP contribution in [0.25, 0.3) is 0 Å². The number of hydrogen-bond acceptors (Lipinski definition) is 1. The van der Waals surface area contributed by atoms with E-state index >= 15 is 0 Å². The maximum Gasteiger partial charge on any atom is 0.0928 e. The summed E-state index contributed by atoms with van der Waals surface area (Å²) >= 11 is 1.63. The largest absolute Gasteiger partial charge is 0.134 e. The third-order valence-corrected chi connectivity index (χ3v) is 3.70. The Balaban J connectivity index is 1.86. The van der Waals surface area contributed by atoms with E-state index in [0.717, 1.165) is 21.6 Å². The molecule has 0 fully saturated rings. The van der Waals surface area contributed by atoms with Crippen molar-refractivity contribution in [1.29, 1.82) is 0 Å². The van der Waals surface area contributed by atoms with Crippen LogP contribution in [-0.4, -0.2) is 0 Å². The summed E-state index contributed by atoms with van der Waals surface area (Å²) in [7, 11) is 0. The summed E-state index contributed by atoms with van der Waals surface area (Å²) in [6.45, 7) is 0. The summed E-state index contributed by atoms with van der Waals surface area (Å²) in [4.78, 5) is 1.02. The molecule has 1 aromatic heterocycles. The van der Waals surface area contributed by atoms with Crippen LogP contribution in [0.5, 0.6) is 0 Å². The minimum atomic E-state index is 0.993. The van der Waals surface area contributed by atoms with Crippen LogP contribution in [0.2, 0.25) is 0 Å². The van der Waals surface area contributed by atoms with Gasteiger partial charge in [-0.05, 0) is 41.6 Å². The lowest BCUT2D eigenvalue weighted by atomic mass is 10.2. The summed E-state index contributed by atoms with van der Waals surface area (Å²) in [6, 6.07) is 22.0. The van der Waals surface area contributed by atoms with E-state index in [2.05, 4.69) is 23.7 Å². The maximum atomic E-state index is 3.21. The first-order valence-electron chi connectivity index (χ1n) is 6.63. The van der Waals surface area contributed by atoms with E-state index in [9.17, 15) is 0 Å². The van der Waals surface area contributed by atoms with Gasteiger partial charge in [0, 0.05) is 11.1 Å². The first-order valence-corrected chi connectivity index (χ1v) is 7.51. The quantitative estimate of drug-likeness (QED) is 0.531. The average molecular weight is 284 g/mol. The van der Waals surface area contributed by atoms with Gasteiger partial charge < -0.3 is 0 Å². The molecule has 0 spiro atoms. The highest BCUT2D eigenvalue weighted by Gasteiger charge is 1.97. The topological polar surface area (TPSA) is 0 Å². The van der Waals surface area contributed by atoms with Crippen molar-refractivity contribution in [1.82, 2.24) is 0 Å². The molecule has 0 aliphatic carbocycles. The van der Waals surface area contributed by atoms with Crippen molar-refractivity contribution < 1.29 is 0 Å². The zero-order valence-electron chi connectivity index (χ0n) is 11.3. The molecule has 0 N–H and O–H groups in total. The Hall–Kier alpha value is -2.74. The molecule has 0 radical (unpaired) electrons. The van der Waals surface area contributed by atoms with E-state index in [1.165, 1.54) is 0 Å². The molecule has 0 amide bonds. The van der Waals surface area contributed by atoms with Crippen molar-refractivity contribution in [3.05, 3.63) is 93.7 Å². The molecule has 0 nitrogen and oxygen atoms in total. The molecule has 0 saturated carbocycles. The van der Waals surface area contributed by atoms with Crippen LogP contribution in [0, 0.1) is 23.7 Å². The standard InChI is InChI=1S/C20H12S/c1-3-7-17(8-4-1)11-13-19-15-16-21-20(19)14-12-18-9-5-2-6-10-18/h1-10,15-16H. The van der Waals surface area contributed by atoms with Crippen LogP contribution in [0.3, 0.4) is 0 Å².